The number of ether oxygens (including phenoxy) is 1. The van der Waals surface area contributed by atoms with E-state index in [2.05, 4.69) is 10.6 Å². The molecule has 6 heteroatoms. The first-order valence-corrected chi connectivity index (χ1v) is 5.51. The summed E-state index contributed by atoms with van der Waals surface area (Å²) in [4.78, 5) is 11.5. The Bertz CT molecular complexity index is 199. The second-order valence-electron chi connectivity index (χ2n) is 3.72. The molecule has 1 rings (SSSR count). The summed E-state index contributed by atoms with van der Waals surface area (Å²) in [6.07, 6.45) is 1.01. The summed E-state index contributed by atoms with van der Waals surface area (Å²) in [5.41, 5.74) is 0. The maximum Gasteiger partial charge on any atom is 0.239 e. The fourth-order valence-corrected chi connectivity index (χ4v) is 1.42. The van der Waals surface area contributed by atoms with Crippen LogP contribution in [-0.2, 0) is 9.53 Å². The molecule has 0 aromatic rings. The predicted molar refractivity (Wildman–Crippen MR) is 63.8 cm³/mol. The Morgan fingerprint density at radius 1 is 1.69 bits per heavy atom. The van der Waals surface area contributed by atoms with E-state index in [9.17, 15) is 9.90 Å². The highest BCUT2D eigenvalue weighted by molar-refractivity contribution is 5.85. The van der Waals surface area contributed by atoms with Crippen molar-refractivity contribution in [2.75, 3.05) is 26.3 Å². The van der Waals surface area contributed by atoms with Gasteiger partial charge >= 0.3 is 0 Å². The molecule has 3 N–H and O–H groups in total. The van der Waals surface area contributed by atoms with Crippen LogP contribution in [0.3, 0.4) is 0 Å². The summed E-state index contributed by atoms with van der Waals surface area (Å²) >= 11 is 0. The standard InChI is InChI=1S/C10H20N2O3.ClH/c1-2-8(13)3-4-12-10(14)9-7-15-6-5-11-9;/h8-9,11,13H,2-7H2,1H3,(H,12,14);1H. The van der Waals surface area contributed by atoms with Crippen LogP contribution in [0.4, 0.5) is 0 Å². The molecule has 0 bridgehead atoms. The minimum Gasteiger partial charge on any atom is -0.393 e. The number of hydrogen-bond acceptors (Lipinski definition) is 4. The number of carbonyl (C=O) groups excluding carboxylic acids is 1. The maximum absolute atomic E-state index is 11.5. The van der Waals surface area contributed by atoms with Gasteiger partial charge in [0, 0.05) is 13.1 Å². The Morgan fingerprint density at radius 3 is 3.00 bits per heavy atom. The molecule has 1 heterocycles. The Hall–Kier alpha value is -0.360. The minimum absolute atomic E-state index is 0. The molecule has 16 heavy (non-hydrogen) atoms. The van der Waals surface area contributed by atoms with Crippen molar-refractivity contribution in [2.45, 2.75) is 31.9 Å². The molecule has 2 atom stereocenters. The normalized spacial score (nSPS) is 22.0. The summed E-state index contributed by atoms with van der Waals surface area (Å²) in [6.45, 7) is 4.26. The molecule has 5 nitrogen and oxygen atoms in total. The zero-order chi connectivity index (χ0) is 11.1. The van der Waals surface area contributed by atoms with Crippen molar-refractivity contribution < 1.29 is 14.6 Å². The lowest BCUT2D eigenvalue weighted by molar-refractivity contribution is -0.125. The lowest BCUT2D eigenvalue weighted by atomic mass is 10.2. The molecule has 0 aliphatic carbocycles. The van der Waals surface area contributed by atoms with Crippen molar-refractivity contribution >= 4 is 18.3 Å². The van der Waals surface area contributed by atoms with Crippen LogP contribution in [0.25, 0.3) is 0 Å². The lowest BCUT2D eigenvalue weighted by Crippen LogP contribution is -2.51. The maximum atomic E-state index is 11.5. The van der Waals surface area contributed by atoms with Gasteiger partial charge in [-0.2, -0.15) is 0 Å². The second-order valence-corrected chi connectivity index (χ2v) is 3.72. The minimum atomic E-state index is -0.319. The number of halogens is 1. The van der Waals surface area contributed by atoms with E-state index in [1.54, 1.807) is 0 Å². The van der Waals surface area contributed by atoms with Crippen molar-refractivity contribution in [3.05, 3.63) is 0 Å². The number of aliphatic hydroxyl groups is 1. The summed E-state index contributed by atoms with van der Waals surface area (Å²) in [5.74, 6) is -0.0435. The van der Waals surface area contributed by atoms with Gasteiger partial charge in [-0.15, -0.1) is 12.4 Å². The van der Waals surface area contributed by atoms with Gasteiger partial charge < -0.3 is 20.5 Å². The Morgan fingerprint density at radius 2 is 2.44 bits per heavy atom. The van der Waals surface area contributed by atoms with Crippen LogP contribution < -0.4 is 10.6 Å². The molecule has 0 radical (unpaired) electrons. The average molecular weight is 253 g/mol. The summed E-state index contributed by atoms with van der Waals surface area (Å²) in [6, 6.07) is -0.238. The van der Waals surface area contributed by atoms with Crippen LogP contribution >= 0.6 is 12.4 Å². The van der Waals surface area contributed by atoms with Crippen LogP contribution in [0.5, 0.6) is 0 Å². The van der Waals surface area contributed by atoms with Gasteiger partial charge in [-0.05, 0) is 12.8 Å². The van der Waals surface area contributed by atoms with Crippen LogP contribution in [0.15, 0.2) is 0 Å². The monoisotopic (exact) mass is 252 g/mol. The molecule has 0 aromatic heterocycles. The van der Waals surface area contributed by atoms with Crippen LogP contribution in [0.2, 0.25) is 0 Å². The van der Waals surface area contributed by atoms with Gasteiger partial charge in [0.2, 0.25) is 5.91 Å². The summed E-state index contributed by atoms with van der Waals surface area (Å²) in [5, 5.41) is 15.1. The molecule has 0 saturated carbocycles. The van der Waals surface area contributed by atoms with E-state index in [0.29, 0.717) is 26.2 Å². The molecule has 1 saturated heterocycles. The van der Waals surface area contributed by atoms with E-state index in [4.69, 9.17) is 4.74 Å². The molecule has 1 amide bonds. The fourth-order valence-electron chi connectivity index (χ4n) is 1.42. The van der Waals surface area contributed by atoms with Gasteiger partial charge in [0.15, 0.2) is 0 Å². The Labute approximate surface area is 102 Å². The zero-order valence-corrected chi connectivity index (χ0v) is 10.4. The first-order valence-electron chi connectivity index (χ1n) is 5.51. The second kappa shape index (κ2) is 8.75. The van der Waals surface area contributed by atoms with Gasteiger partial charge in [0.1, 0.15) is 6.04 Å². The SMILES string of the molecule is CCC(O)CCNC(=O)C1COCCN1.Cl. The third-order valence-corrected chi connectivity index (χ3v) is 2.49. The topological polar surface area (TPSA) is 70.6 Å². The highest BCUT2D eigenvalue weighted by atomic mass is 35.5. The van der Waals surface area contributed by atoms with Gasteiger partial charge in [-0.25, -0.2) is 0 Å². The number of aliphatic hydroxyl groups excluding tert-OH is 1. The van der Waals surface area contributed by atoms with Crippen molar-refractivity contribution in [3.63, 3.8) is 0 Å². The van der Waals surface area contributed by atoms with E-state index in [-0.39, 0.29) is 30.5 Å². The average Bonchev–Trinajstić information content (AvgIpc) is 2.29. The van der Waals surface area contributed by atoms with Gasteiger partial charge in [0.05, 0.1) is 19.3 Å². The van der Waals surface area contributed by atoms with Crippen molar-refractivity contribution in [1.29, 1.82) is 0 Å². The third-order valence-electron chi connectivity index (χ3n) is 2.49. The van der Waals surface area contributed by atoms with Crippen LogP contribution in [0, 0.1) is 0 Å². The van der Waals surface area contributed by atoms with E-state index in [1.807, 2.05) is 6.92 Å². The Balaban J connectivity index is 0.00000225. The van der Waals surface area contributed by atoms with Gasteiger partial charge in [-0.1, -0.05) is 6.92 Å². The van der Waals surface area contributed by atoms with E-state index >= 15 is 0 Å². The predicted octanol–water partition coefficient (Wildman–Crippen LogP) is -0.326. The molecular formula is C10H21ClN2O3. The van der Waals surface area contributed by atoms with E-state index in [0.717, 1.165) is 13.0 Å². The van der Waals surface area contributed by atoms with Crippen molar-refractivity contribution in [2.24, 2.45) is 0 Å². The number of carbonyl (C=O) groups is 1. The number of hydrogen-bond donors (Lipinski definition) is 3. The van der Waals surface area contributed by atoms with Crippen molar-refractivity contribution in [3.8, 4) is 0 Å². The van der Waals surface area contributed by atoms with Gasteiger partial charge in [-0.3, -0.25) is 4.79 Å². The largest absolute Gasteiger partial charge is 0.393 e. The van der Waals surface area contributed by atoms with E-state index < -0.39 is 0 Å². The molecule has 0 spiro atoms. The lowest BCUT2D eigenvalue weighted by Gasteiger charge is -2.23. The smallest absolute Gasteiger partial charge is 0.239 e. The molecule has 1 aliphatic rings. The van der Waals surface area contributed by atoms with Crippen LogP contribution in [-0.4, -0.2) is 49.5 Å². The fraction of sp³-hybridized carbons (Fsp3) is 0.900. The number of nitrogens with one attached hydrogen (secondary N) is 2. The quantitative estimate of drug-likeness (QED) is 0.627. The van der Waals surface area contributed by atoms with E-state index in [1.165, 1.54) is 0 Å². The van der Waals surface area contributed by atoms with Crippen LogP contribution in [0.1, 0.15) is 19.8 Å². The number of morpholine rings is 1. The molecule has 0 aromatic carbocycles. The molecular weight excluding hydrogens is 232 g/mol. The summed E-state index contributed by atoms with van der Waals surface area (Å²) in [7, 11) is 0. The molecule has 1 fully saturated rings. The molecule has 2 unspecified atom stereocenters. The van der Waals surface area contributed by atoms with Crippen molar-refractivity contribution in [1.82, 2.24) is 10.6 Å². The first kappa shape index (κ1) is 15.6. The number of rotatable bonds is 5. The number of amides is 1. The highest BCUT2D eigenvalue weighted by Gasteiger charge is 2.20. The Kier molecular flexibility index (Phi) is 8.56. The van der Waals surface area contributed by atoms with Gasteiger partial charge in [0.25, 0.3) is 0 Å². The molecule has 1 aliphatic heterocycles. The summed E-state index contributed by atoms with van der Waals surface area (Å²) < 4.78 is 5.18. The molecule has 96 valence electrons. The third kappa shape index (κ3) is 5.65. The highest BCUT2D eigenvalue weighted by Crippen LogP contribution is 1.96. The zero-order valence-electron chi connectivity index (χ0n) is 9.57. The first-order chi connectivity index (χ1) is 7.24.